The van der Waals surface area contributed by atoms with Gasteiger partial charge in [-0.25, -0.2) is 4.79 Å². The normalized spacial score (nSPS) is 10.4. The van der Waals surface area contributed by atoms with E-state index in [-0.39, 0.29) is 5.56 Å². The lowest BCUT2D eigenvalue weighted by Crippen LogP contribution is -1.96. The van der Waals surface area contributed by atoms with Gasteiger partial charge in [-0.05, 0) is 24.1 Å². The van der Waals surface area contributed by atoms with Crippen LogP contribution in [0.1, 0.15) is 15.9 Å². The fourth-order valence-corrected chi connectivity index (χ4v) is 2.31. The first-order chi connectivity index (χ1) is 7.59. The molecule has 1 heterocycles. The maximum Gasteiger partial charge on any atom is 0.337 e. The van der Waals surface area contributed by atoms with Crippen molar-refractivity contribution in [1.29, 1.82) is 0 Å². The van der Waals surface area contributed by atoms with Gasteiger partial charge in [0, 0.05) is 22.4 Å². The molecular formula is C12H10BrNO2. The van der Waals surface area contributed by atoms with Crippen molar-refractivity contribution in [2.45, 2.75) is 6.92 Å². The van der Waals surface area contributed by atoms with Crippen molar-refractivity contribution in [1.82, 2.24) is 4.98 Å². The fourth-order valence-electron chi connectivity index (χ4n) is 1.60. The Labute approximate surface area is 101 Å². The van der Waals surface area contributed by atoms with Crippen molar-refractivity contribution in [2.24, 2.45) is 0 Å². The molecule has 0 aliphatic heterocycles. The smallest absolute Gasteiger partial charge is 0.337 e. The Morgan fingerprint density at radius 2 is 2.06 bits per heavy atom. The van der Waals surface area contributed by atoms with Gasteiger partial charge in [0.15, 0.2) is 0 Å². The number of aromatic nitrogens is 1. The number of nitrogens with one attached hydrogen (secondary N) is 1. The van der Waals surface area contributed by atoms with E-state index >= 15 is 0 Å². The van der Waals surface area contributed by atoms with E-state index in [2.05, 4.69) is 20.9 Å². The summed E-state index contributed by atoms with van der Waals surface area (Å²) in [7, 11) is 0. The maximum absolute atomic E-state index is 11.0. The predicted octanol–water partition coefficient (Wildman–Crippen LogP) is 3.45. The van der Waals surface area contributed by atoms with Crippen LogP contribution in [0.5, 0.6) is 0 Å². The zero-order chi connectivity index (χ0) is 11.7. The lowest BCUT2D eigenvalue weighted by molar-refractivity contribution is 0.0698. The highest BCUT2D eigenvalue weighted by atomic mass is 79.9. The van der Waals surface area contributed by atoms with Crippen LogP contribution in [0.3, 0.4) is 0 Å². The minimum atomic E-state index is -0.927. The summed E-state index contributed by atoms with van der Waals surface area (Å²) >= 11 is 3.44. The van der Waals surface area contributed by atoms with E-state index in [0.717, 1.165) is 15.6 Å². The highest BCUT2D eigenvalue weighted by Crippen LogP contribution is 2.31. The predicted molar refractivity (Wildman–Crippen MR) is 65.6 cm³/mol. The maximum atomic E-state index is 11.0. The summed E-state index contributed by atoms with van der Waals surface area (Å²) < 4.78 is 0.898. The van der Waals surface area contributed by atoms with Crippen LogP contribution in [0.2, 0.25) is 0 Å². The van der Waals surface area contributed by atoms with Crippen molar-refractivity contribution in [2.75, 3.05) is 0 Å². The Morgan fingerprint density at radius 1 is 1.31 bits per heavy atom. The average molecular weight is 280 g/mol. The quantitative estimate of drug-likeness (QED) is 0.885. The molecule has 0 fully saturated rings. The molecule has 0 atom stereocenters. The number of H-pyrrole nitrogens is 1. The van der Waals surface area contributed by atoms with Gasteiger partial charge in [0.2, 0.25) is 0 Å². The number of carboxylic acid groups (broad SMARTS) is 1. The van der Waals surface area contributed by atoms with E-state index < -0.39 is 5.97 Å². The largest absolute Gasteiger partial charge is 0.478 e. The van der Waals surface area contributed by atoms with Crippen LogP contribution in [0.4, 0.5) is 0 Å². The van der Waals surface area contributed by atoms with E-state index in [1.54, 1.807) is 6.20 Å². The van der Waals surface area contributed by atoms with Crippen molar-refractivity contribution in [3.63, 3.8) is 0 Å². The van der Waals surface area contributed by atoms with Crippen molar-refractivity contribution in [3.8, 4) is 11.1 Å². The van der Waals surface area contributed by atoms with Gasteiger partial charge in [-0.3, -0.25) is 0 Å². The molecule has 16 heavy (non-hydrogen) atoms. The average Bonchev–Trinajstić information content (AvgIpc) is 2.66. The fraction of sp³-hybridized carbons (Fsp3) is 0.0833. The highest BCUT2D eigenvalue weighted by molar-refractivity contribution is 9.10. The van der Waals surface area contributed by atoms with E-state index in [9.17, 15) is 4.79 Å². The van der Waals surface area contributed by atoms with Crippen LogP contribution in [-0.4, -0.2) is 16.1 Å². The highest BCUT2D eigenvalue weighted by Gasteiger charge is 2.14. The number of aryl methyl sites for hydroxylation is 1. The third-order valence-corrected chi connectivity index (χ3v) is 3.05. The standard InChI is InChI=1S/C12H10BrNO2/c1-7-2-3-8(11(13)4-7)9-5-14-6-10(9)12(15)16/h2-6,14H,1H3,(H,15,16). The Hall–Kier alpha value is -1.55. The zero-order valence-electron chi connectivity index (χ0n) is 8.62. The van der Waals surface area contributed by atoms with Crippen LogP contribution in [0.15, 0.2) is 35.1 Å². The molecule has 1 aromatic carbocycles. The Bertz CT molecular complexity index is 546. The topological polar surface area (TPSA) is 53.1 Å². The summed E-state index contributed by atoms with van der Waals surface area (Å²) in [5.41, 5.74) is 2.98. The molecule has 0 aliphatic carbocycles. The van der Waals surface area contributed by atoms with Gasteiger partial charge in [0.05, 0.1) is 5.56 Å². The lowest BCUT2D eigenvalue weighted by atomic mass is 10.0. The Morgan fingerprint density at radius 3 is 2.69 bits per heavy atom. The second kappa shape index (κ2) is 4.14. The summed E-state index contributed by atoms with van der Waals surface area (Å²) in [5.74, 6) is -0.927. The molecule has 2 aromatic rings. The second-order valence-corrected chi connectivity index (χ2v) is 4.43. The van der Waals surface area contributed by atoms with Crippen LogP contribution < -0.4 is 0 Å². The van der Waals surface area contributed by atoms with E-state index in [0.29, 0.717) is 5.56 Å². The van der Waals surface area contributed by atoms with Gasteiger partial charge in [0.25, 0.3) is 0 Å². The van der Waals surface area contributed by atoms with Crippen molar-refractivity contribution in [3.05, 3.63) is 46.2 Å². The van der Waals surface area contributed by atoms with Crippen molar-refractivity contribution < 1.29 is 9.90 Å². The Kier molecular flexibility index (Phi) is 2.83. The summed E-state index contributed by atoms with van der Waals surface area (Å²) in [6, 6.07) is 5.84. The van der Waals surface area contributed by atoms with Crippen LogP contribution in [0, 0.1) is 6.92 Å². The van der Waals surface area contributed by atoms with E-state index in [1.807, 2.05) is 25.1 Å². The molecule has 0 bridgehead atoms. The Balaban J connectivity index is 2.59. The molecule has 0 saturated heterocycles. The molecule has 2 N–H and O–H groups in total. The number of carbonyl (C=O) groups is 1. The van der Waals surface area contributed by atoms with Gasteiger partial charge in [0.1, 0.15) is 0 Å². The summed E-state index contributed by atoms with van der Waals surface area (Å²) in [6.07, 6.45) is 3.18. The molecule has 82 valence electrons. The van der Waals surface area contributed by atoms with Gasteiger partial charge >= 0.3 is 5.97 Å². The minimum Gasteiger partial charge on any atom is -0.478 e. The van der Waals surface area contributed by atoms with Gasteiger partial charge < -0.3 is 10.1 Å². The first-order valence-corrected chi connectivity index (χ1v) is 5.55. The molecule has 0 unspecified atom stereocenters. The molecule has 4 heteroatoms. The number of halogens is 1. The summed E-state index contributed by atoms with van der Waals surface area (Å²) in [5, 5.41) is 9.03. The molecule has 3 nitrogen and oxygen atoms in total. The number of rotatable bonds is 2. The van der Waals surface area contributed by atoms with Crippen LogP contribution in [-0.2, 0) is 0 Å². The summed E-state index contributed by atoms with van der Waals surface area (Å²) in [6.45, 7) is 1.99. The van der Waals surface area contributed by atoms with Crippen LogP contribution in [0.25, 0.3) is 11.1 Å². The molecule has 0 aliphatic rings. The number of aromatic amines is 1. The third kappa shape index (κ3) is 1.88. The number of carboxylic acids is 1. The molecule has 0 saturated carbocycles. The molecule has 0 spiro atoms. The number of hydrogen-bond acceptors (Lipinski definition) is 1. The monoisotopic (exact) mass is 279 g/mol. The molecular weight excluding hydrogens is 270 g/mol. The summed E-state index contributed by atoms with van der Waals surface area (Å²) in [4.78, 5) is 13.8. The SMILES string of the molecule is Cc1ccc(-c2c[nH]cc2C(=O)O)c(Br)c1. The first kappa shape index (κ1) is 11.0. The molecule has 0 amide bonds. The molecule has 2 rings (SSSR count). The minimum absolute atomic E-state index is 0.282. The van der Waals surface area contributed by atoms with E-state index in [4.69, 9.17) is 5.11 Å². The first-order valence-electron chi connectivity index (χ1n) is 4.76. The van der Waals surface area contributed by atoms with Gasteiger partial charge in [-0.15, -0.1) is 0 Å². The van der Waals surface area contributed by atoms with Gasteiger partial charge in [-0.1, -0.05) is 28.1 Å². The van der Waals surface area contributed by atoms with Crippen molar-refractivity contribution >= 4 is 21.9 Å². The van der Waals surface area contributed by atoms with Crippen LogP contribution >= 0.6 is 15.9 Å². The number of aromatic carboxylic acids is 1. The molecule has 0 radical (unpaired) electrons. The number of hydrogen-bond donors (Lipinski definition) is 2. The van der Waals surface area contributed by atoms with Gasteiger partial charge in [-0.2, -0.15) is 0 Å². The second-order valence-electron chi connectivity index (χ2n) is 3.57. The third-order valence-electron chi connectivity index (χ3n) is 2.39. The lowest BCUT2D eigenvalue weighted by Gasteiger charge is -2.04. The van der Waals surface area contributed by atoms with E-state index in [1.165, 1.54) is 6.20 Å². The zero-order valence-corrected chi connectivity index (χ0v) is 10.2. The number of benzene rings is 1. The molecule has 1 aromatic heterocycles.